The molecular formula is C18H28N2O3S. The van der Waals surface area contributed by atoms with Crippen LogP contribution in [0.4, 0.5) is 10.5 Å². The predicted octanol–water partition coefficient (Wildman–Crippen LogP) is 3.17. The Hall–Kier alpha value is -1.56. The fourth-order valence-electron chi connectivity index (χ4n) is 2.95. The first-order chi connectivity index (χ1) is 11.2. The highest BCUT2D eigenvalue weighted by molar-refractivity contribution is 7.83. The van der Waals surface area contributed by atoms with Crippen LogP contribution in [0.2, 0.25) is 0 Å². The number of carbonyl (C=O) groups excluding carboxylic acids is 1. The summed E-state index contributed by atoms with van der Waals surface area (Å²) >= 11 is 0. The largest absolute Gasteiger partial charge is 0.444 e. The second kappa shape index (κ2) is 7.55. The van der Waals surface area contributed by atoms with Crippen molar-refractivity contribution in [2.75, 3.05) is 18.5 Å². The van der Waals surface area contributed by atoms with Gasteiger partial charge in [-0.3, -0.25) is 4.21 Å². The van der Waals surface area contributed by atoms with Crippen LogP contribution in [0.1, 0.15) is 50.7 Å². The fourth-order valence-corrected chi connectivity index (χ4v) is 3.64. The van der Waals surface area contributed by atoms with Crippen molar-refractivity contribution >= 4 is 22.6 Å². The van der Waals surface area contributed by atoms with E-state index in [0.717, 1.165) is 18.4 Å². The van der Waals surface area contributed by atoms with E-state index in [0.29, 0.717) is 29.8 Å². The molecule has 1 aliphatic rings. The van der Waals surface area contributed by atoms with Crippen molar-refractivity contribution in [1.82, 2.24) is 5.32 Å². The Morgan fingerprint density at radius 3 is 2.75 bits per heavy atom. The van der Waals surface area contributed by atoms with Gasteiger partial charge in [-0.1, -0.05) is 6.07 Å². The number of hydrogen-bond acceptors (Lipinski definition) is 4. The molecule has 0 radical (unpaired) electrons. The van der Waals surface area contributed by atoms with E-state index >= 15 is 0 Å². The Balaban J connectivity index is 1.85. The maximum Gasteiger partial charge on any atom is 0.407 e. The number of benzene rings is 1. The Bertz CT molecular complexity index is 625. The maximum atomic E-state index is 11.6. The quantitative estimate of drug-likeness (QED) is 0.771. The molecule has 0 spiro atoms. The summed E-state index contributed by atoms with van der Waals surface area (Å²) in [5.74, 6) is 1.57. The highest BCUT2D eigenvalue weighted by Gasteiger charge is 2.39. The molecule has 0 bridgehead atoms. The standard InChI is InChI=1S/C18H28N2O3S/c1-18(2,3)23-17(21)20-8-7-12-10-16(12)15-6-5-14(19)9-13(15)11-24(4)22/h5-6,9,12,16H,7-8,10-11,19H2,1-4H3,(H,20,21). The van der Waals surface area contributed by atoms with Crippen molar-refractivity contribution in [3.05, 3.63) is 29.3 Å². The molecule has 1 aliphatic carbocycles. The molecule has 1 amide bonds. The minimum atomic E-state index is -0.886. The summed E-state index contributed by atoms with van der Waals surface area (Å²) in [5.41, 5.74) is 8.44. The van der Waals surface area contributed by atoms with Crippen molar-refractivity contribution in [2.24, 2.45) is 5.92 Å². The van der Waals surface area contributed by atoms with Gasteiger partial charge in [-0.2, -0.15) is 0 Å². The van der Waals surface area contributed by atoms with Gasteiger partial charge in [0.05, 0.1) is 0 Å². The van der Waals surface area contributed by atoms with Crippen molar-refractivity contribution in [3.8, 4) is 0 Å². The smallest absolute Gasteiger partial charge is 0.407 e. The van der Waals surface area contributed by atoms with Gasteiger partial charge in [0, 0.05) is 35.0 Å². The van der Waals surface area contributed by atoms with Crippen LogP contribution in [0.3, 0.4) is 0 Å². The van der Waals surface area contributed by atoms with Crippen LogP contribution in [0.25, 0.3) is 0 Å². The van der Waals surface area contributed by atoms with Crippen molar-refractivity contribution in [1.29, 1.82) is 0 Å². The predicted molar refractivity (Wildman–Crippen MR) is 98.3 cm³/mol. The lowest BCUT2D eigenvalue weighted by atomic mass is 10.0. The molecule has 1 aromatic carbocycles. The molecule has 6 heteroatoms. The normalized spacial score (nSPS) is 21.2. The van der Waals surface area contributed by atoms with Crippen LogP contribution < -0.4 is 11.1 Å². The first-order valence-corrected chi connectivity index (χ1v) is 10.0. The molecule has 3 atom stereocenters. The fraction of sp³-hybridized carbons (Fsp3) is 0.611. The highest BCUT2D eigenvalue weighted by Crippen LogP contribution is 2.50. The molecule has 24 heavy (non-hydrogen) atoms. The summed E-state index contributed by atoms with van der Waals surface area (Å²) in [4.78, 5) is 11.6. The third kappa shape index (κ3) is 5.82. The number of alkyl carbamates (subject to hydrolysis) is 1. The van der Waals surface area contributed by atoms with Crippen LogP contribution in [0, 0.1) is 5.92 Å². The number of hydrogen-bond donors (Lipinski definition) is 2. The monoisotopic (exact) mass is 352 g/mol. The number of ether oxygens (including phenoxy) is 1. The van der Waals surface area contributed by atoms with Gasteiger partial charge >= 0.3 is 6.09 Å². The number of carbonyl (C=O) groups is 1. The summed E-state index contributed by atoms with van der Waals surface area (Å²) in [7, 11) is -0.886. The zero-order valence-corrected chi connectivity index (χ0v) is 15.7. The molecule has 0 aliphatic heterocycles. The van der Waals surface area contributed by atoms with E-state index in [1.54, 1.807) is 6.26 Å². The second-order valence-electron chi connectivity index (χ2n) is 7.50. The maximum absolute atomic E-state index is 11.6. The van der Waals surface area contributed by atoms with Gasteiger partial charge in [-0.05, 0) is 68.7 Å². The van der Waals surface area contributed by atoms with Gasteiger partial charge in [0.15, 0.2) is 0 Å². The summed E-state index contributed by atoms with van der Waals surface area (Å²) < 4.78 is 16.8. The zero-order valence-electron chi connectivity index (χ0n) is 14.9. The molecule has 2 rings (SSSR count). The molecule has 0 heterocycles. The SMILES string of the molecule is CS(=O)Cc1cc(N)ccc1C1CC1CCNC(=O)OC(C)(C)C. The van der Waals surface area contributed by atoms with Crippen LogP contribution in [0.5, 0.6) is 0 Å². The minimum absolute atomic E-state index is 0.366. The lowest BCUT2D eigenvalue weighted by molar-refractivity contribution is 0.0526. The molecule has 0 aromatic heterocycles. The van der Waals surface area contributed by atoms with Crippen molar-refractivity contribution in [3.63, 3.8) is 0 Å². The summed E-state index contributed by atoms with van der Waals surface area (Å²) in [5, 5.41) is 2.81. The Kier molecular flexibility index (Phi) is 5.91. The van der Waals surface area contributed by atoms with Crippen molar-refractivity contribution in [2.45, 2.75) is 50.9 Å². The minimum Gasteiger partial charge on any atom is -0.444 e. The Labute approximate surface area is 146 Å². The summed E-state index contributed by atoms with van der Waals surface area (Å²) in [6.07, 6.45) is 3.36. The van der Waals surface area contributed by atoms with Crippen LogP contribution in [-0.2, 0) is 21.3 Å². The van der Waals surface area contributed by atoms with E-state index in [9.17, 15) is 9.00 Å². The number of amides is 1. The molecule has 0 saturated heterocycles. The molecule has 134 valence electrons. The second-order valence-corrected chi connectivity index (χ2v) is 8.93. The number of nitrogens with one attached hydrogen (secondary N) is 1. The topological polar surface area (TPSA) is 81.4 Å². The first-order valence-electron chi connectivity index (χ1n) is 8.31. The number of anilines is 1. The highest BCUT2D eigenvalue weighted by atomic mass is 32.2. The summed E-state index contributed by atoms with van der Waals surface area (Å²) in [6.45, 7) is 6.16. The van der Waals surface area contributed by atoms with Crippen LogP contribution in [-0.4, -0.2) is 28.7 Å². The average Bonchev–Trinajstić information content (AvgIpc) is 3.15. The molecule has 3 unspecified atom stereocenters. The van der Waals surface area contributed by atoms with Crippen molar-refractivity contribution < 1.29 is 13.7 Å². The summed E-state index contributed by atoms with van der Waals surface area (Å²) in [6, 6.07) is 5.90. The lowest BCUT2D eigenvalue weighted by Crippen LogP contribution is -2.33. The molecule has 3 N–H and O–H groups in total. The Morgan fingerprint density at radius 1 is 1.42 bits per heavy atom. The van der Waals surface area contributed by atoms with Gasteiger partial charge in [0.2, 0.25) is 0 Å². The molecular weight excluding hydrogens is 324 g/mol. The van der Waals surface area contributed by atoms with E-state index in [1.807, 2.05) is 32.9 Å². The first kappa shape index (κ1) is 18.8. The third-order valence-corrected chi connectivity index (χ3v) is 4.75. The van der Waals surface area contributed by atoms with E-state index in [2.05, 4.69) is 11.4 Å². The zero-order chi connectivity index (χ0) is 17.9. The molecule has 1 aromatic rings. The molecule has 1 fully saturated rings. The van der Waals surface area contributed by atoms with E-state index in [1.165, 1.54) is 5.56 Å². The van der Waals surface area contributed by atoms with E-state index in [4.69, 9.17) is 10.5 Å². The van der Waals surface area contributed by atoms with Gasteiger partial charge in [-0.15, -0.1) is 0 Å². The lowest BCUT2D eigenvalue weighted by Gasteiger charge is -2.19. The van der Waals surface area contributed by atoms with Gasteiger partial charge < -0.3 is 15.8 Å². The van der Waals surface area contributed by atoms with E-state index in [-0.39, 0.29) is 6.09 Å². The van der Waals surface area contributed by atoms with Crippen LogP contribution >= 0.6 is 0 Å². The number of nitrogen functional groups attached to an aromatic ring is 1. The molecule has 5 nitrogen and oxygen atoms in total. The van der Waals surface area contributed by atoms with E-state index < -0.39 is 16.4 Å². The molecule has 1 saturated carbocycles. The van der Waals surface area contributed by atoms with Gasteiger partial charge in [0.25, 0.3) is 0 Å². The number of nitrogens with two attached hydrogens (primary N) is 1. The number of rotatable bonds is 6. The van der Waals surface area contributed by atoms with Gasteiger partial charge in [0.1, 0.15) is 5.60 Å². The average molecular weight is 353 g/mol. The van der Waals surface area contributed by atoms with Gasteiger partial charge in [-0.25, -0.2) is 4.79 Å². The van der Waals surface area contributed by atoms with Crippen LogP contribution in [0.15, 0.2) is 18.2 Å². The third-order valence-electron chi connectivity index (χ3n) is 4.03. The Morgan fingerprint density at radius 2 is 2.12 bits per heavy atom.